The maximum atomic E-state index is 13.9. The van der Waals surface area contributed by atoms with E-state index in [1.54, 1.807) is 0 Å². The van der Waals surface area contributed by atoms with Crippen LogP contribution in [0.15, 0.2) is 53.4 Å². The Morgan fingerprint density at radius 3 is 2.38 bits per heavy atom. The Balaban J connectivity index is 2.05. The molecule has 0 radical (unpaired) electrons. The third kappa shape index (κ3) is 6.65. The first-order valence-corrected chi connectivity index (χ1v) is 10.5. The van der Waals surface area contributed by atoms with Gasteiger partial charge in [-0.2, -0.15) is 0 Å². The Hall–Kier alpha value is -2.78. The molecule has 3 N–H and O–H groups in total. The number of carbonyl (C=O) groups excluding carboxylic acids is 2. The van der Waals surface area contributed by atoms with Crippen LogP contribution in [-0.2, 0) is 19.6 Å². The highest BCUT2D eigenvalue weighted by molar-refractivity contribution is 7.89. The predicted molar refractivity (Wildman–Crippen MR) is 105 cm³/mol. The van der Waals surface area contributed by atoms with Crippen LogP contribution in [0.1, 0.15) is 42.2 Å². The Kier molecular flexibility index (Phi) is 7.46. The number of ether oxygens (including phenoxy) is 1. The van der Waals surface area contributed by atoms with E-state index in [-0.39, 0.29) is 6.04 Å². The second-order valence-electron chi connectivity index (χ2n) is 6.92. The molecule has 0 aliphatic carbocycles. The molecule has 0 saturated carbocycles. The van der Waals surface area contributed by atoms with Crippen LogP contribution in [0.3, 0.4) is 0 Å². The molecular weight excluding hydrogens is 399 g/mol. The lowest BCUT2D eigenvalue weighted by atomic mass is 9.97. The average molecular weight is 422 g/mol. The van der Waals surface area contributed by atoms with Crippen molar-refractivity contribution < 1.29 is 27.1 Å². The molecule has 0 bridgehead atoms. The minimum absolute atomic E-state index is 0.273. The van der Waals surface area contributed by atoms with Crippen LogP contribution < -0.4 is 10.5 Å². The van der Waals surface area contributed by atoms with Gasteiger partial charge in [-0.15, -0.1) is 0 Å². The van der Waals surface area contributed by atoms with Gasteiger partial charge in [0.05, 0.1) is 16.5 Å². The SMILES string of the molecule is CC(C)C[C@@H](NC(=O)COC(=O)c1cc(S(N)(=O)=O)ccc1F)c1ccccc1. The summed E-state index contributed by atoms with van der Waals surface area (Å²) in [6.07, 6.45) is 0.675. The largest absolute Gasteiger partial charge is 0.452 e. The molecule has 0 spiro atoms. The molecule has 0 aliphatic rings. The van der Waals surface area contributed by atoms with E-state index in [4.69, 9.17) is 9.88 Å². The molecule has 0 saturated heterocycles. The van der Waals surface area contributed by atoms with Gasteiger partial charge < -0.3 is 10.1 Å². The van der Waals surface area contributed by atoms with Gasteiger partial charge in [0.15, 0.2) is 6.61 Å². The topological polar surface area (TPSA) is 116 Å². The van der Waals surface area contributed by atoms with E-state index in [0.717, 1.165) is 23.8 Å². The number of hydrogen-bond donors (Lipinski definition) is 2. The smallest absolute Gasteiger partial charge is 0.341 e. The van der Waals surface area contributed by atoms with Crippen molar-refractivity contribution in [1.82, 2.24) is 5.32 Å². The number of hydrogen-bond acceptors (Lipinski definition) is 5. The molecule has 0 heterocycles. The monoisotopic (exact) mass is 422 g/mol. The number of esters is 1. The second kappa shape index (κ2) is 9.62. The van der Waals surface area contributed by atoms with Gasteiger partial charge >= 0.3 is 5.97 Å². The Morgan fingerprint density at radius 2 is 1.79 bits per heavy atom. The summed E-state index contributed by atoms with van der Waals surface area (Å²) in [4.78, 5) is 23.9. The van der Waals surface area contributed by atoms with Gasteiger partial charge in [-0.1, -0.05) is 44.2 Å². The molecule has 0 aliphatic heterocycles. The van der Waals surface area contributed by atoms with Crippen LogP contribution >= 0.6 is 0 Å². The van der Waals surface area contributed by atoms with Crippen molar-refractivity contribution >= 4 is 21.9 Å². The van der Waals surface area contributed by atoms with Gasteiger partial charge in [0.2, 0.25) is 10.0 Å². The molecule has 7 nitrogen and oxygen atoms in total. The van der Waals surface area contributed by atoms with E-state index in [1.165, 1.54) is 0 Å². The molecule has 0 fully saturated rings. The molecule has 2 aromatic carbocycles. The van der Waals surface area contributed by atoms with Crippen LogP contribution in [0.4, 0.5) is 4.39 Å². The van der Waals surface area contributed by atoms with Crippen molar-refractivity contribution in [2.75, 3.05) is 6.61 Å². The lowest BCUT2D eigenvalue weighted by Gasteiger charge is -2.21. The van der Waals surface area contributed by atoms with Gasteiger partial charge in [-0.05, 0) is 36.1 Å². The zero-order valence-electron chi connectivity index (χ0n) is 16.1. The first-order chi connectivity index (χ1) is 13.6. The van der Waals surface area contributed by atoms with Crippen molar-refractivity contribution in [1.29, 1.82) is 0 Å². The first kappa shape index (κ1) is 22.5. The Morgan fingerprint density at radius 1 is 1.14 bits per heavy atom. The quantitative estimate of drug-likeness (QED) is 0.634. The summed E-state index contributed by atoms with van der Waals surface area (Å²) in [7, 11) is -4.12. The minimum atomic E-state index is -4.12. The molecule has 29 heavy (non-hydrogen) atoms. The summed E-state index contributed by atoms with van der Waals surface area (Å²) in [6, 6.07) is 11.6. The number of amides is 1. The standard InChI is InChI=1S/C20H23FN2O5S/c1-13(2)10-18(14-6-4-3-5-7-14)23-19(24)12-28-20(25)16-11-15(29(22,26)27)8-9-17(16)21/h3-9,11,13,18H,10,12H2,1-2H3,(H,23,24)(H2,22,26,27)/t18-/m1/s1. The number of halogens is 1. The van der Waals surface area contributed by atoms with Gasteiger partial charge in [0.25, 0.3) is 5.91 Å². The van der Waals surface area contributed by atoms with E-state index in [2.05, 4.69) is 5.32 Å². The normalized spacial score (nSPS) is 12.4. The van der Waals surface area contributed by atoms with Crippen LogP contribution in [0, 0.1) is 11.7 Å². The minimum Gasteiger partial charge on any atom is -0.452 e. The number of nitrogens with one attached hydrogen (secondary N) is 1. The van der Waals surface area contributed by atoms with Gasteiger partial charge in [-0.25, -0.2) is 22.7 Å². The molecule has 156 valence electrons. The first-order valence-electron chi connectivity index (χ1n) is 8.91. The Labute approximate surface area is 169 Å². The van der Waals surface area contributed by atoms with Crippen LogP contribution in [0.2, 0.25) is 0 Å². The van der Waals surface area contributed by atoms with Crippen molar-refractivity contribution in [2.45, 2.75) is 31.2 Å². The lowest BCUT2D eigenvalue weighted by Crippen LogP contribution is -2.33. The van der Waals surface area contributed by atoms with E-state index in [0.29, 0.717) is 12.3 Å². The summed E-state index contributed by atoms with van der Waals surface area (Å²) < 4.78 is 41.5. The van der Waals surface area contributed by atoms with E-state index >= 15 is 0 Å². The fourth-order valence-corrected chi connectivity index (χ4v) is 3.26. The number of benzene rings is 2. The molecule has 0 unspecified atom stereocenters. The molecule has 2 rings (SSSR count). The summed E-state index contributed by atoms with van der Waals surface area (Å²) >= 11 is 0. The summed E-state index contributed by atoms with van der Waals surface area (Å²) in [6.45, 7) is 3.39. The van der Waals surface area contributed by atoms with Gasteiger partial charge in [-0.3, -0.25) is 4.79 Å². The third-order valence-corrected chi connectivity index (χ3v) is 4.98. The number of carbonyl (C=O) groups is 2. The summed E-state index contributed by atoms with van der Waals surface area (Å²) in [5, 5.41) is 7.78. The number of nitrogens with two attached hydrogens (primary N) is 1. The predicted octanol–water partition coefficient (Wildman–Crippen LogP) is 2.53. The molecule has 1 amide bonds. The zero-order chi connectivity index (χ0) is 21.6. The van der Waals surface area contributed by atoms with E-state index in [9.17, 15) is 22.4 Å². The number of rotatable bonds is 8. The average Bonchev–Trinajstić information content (AvgIpc) is 2.65. The highest BCUT2D eigenvalue weighted by Crippen LogP contribution is 2.21. The van der Waals surface area contributed by atoms with Crippen molar-refractivity contribution in [3.63, 3.8) is 0 Å². The third-order valence-electron chi connectivity index (χ3n) is 4.06. The maximum absolute atomic E-state index is 13.9. The molecule has 1 atom stereocenters. The maximum Gasteiger partial charge on any atom is 0.341 e. The van der Waals surface area contributed by atoms with Crippen molar-refractivity contribution in [3.8, 4) is 0 Å². The molecular formula is C20H23FN2O5S. The lowest BCUT2D eigenvalue weighted by molar-refractivity contribution is -0.125. The number of sulfonamides is 1. The molecule has 2 aromatic rings. The highest BCUT2D eigenvalue weighted by atomic mass is 32.2. The second-order valence-corrected chi connectivity index (χ2v) is 8.48. The molecule has 9 heteroatoms. The van der Waals surface area contributed by atoms with Crippen LogP contribution in [-0.4, -0.2) is 26.9 Å². The Bertz CT molecular complexity index is 978. The number of primary sulfonamides is 1. The van der Waals surface area contributed by atoms with Gasteiger partial charge in [0.1, 0.15) is 5.82 Å². The van der Waals surface area contributed by atoms with Crippen molar-refractivity contribution in [2.24, 2.45) is 11.1 Å². The van der Waals surface area contributed by atoms with Crippen LogP contribution in [0.5, 0.6) is 0 Å². The van der Waals surface area contributed by atoms with E-state index < -0.39 is 44.8 Å². The van der Waals surface area contributed by atoms with Crippen LogP contribution in [0.25, 0.3) is 0 Å². The van der Waals surface area contributed by atoms with E-state index in [1.807, 2.05) is 44.2 Å². The fraction of sp³-hybridized carbons (Fsp3) is 0.300. The zero-order valence-corrected chi connectivity index (χ0v) is 16.9. The summed E-state index contributed by atoms with van der Waals surface area (Å²) in [5.74, 6) is -2.40. The summed E-state index contributed by atoms with van der Waals surface area (Å²) in [5.41, 5.74) is 0.291. The fourth-order valence-electron chi connectivity index (χ4n) is 2.72. The van der Waals surface area contributed by atoms with Crippen molar-refractivity contribution in [3.05, 3.63) is 65.5 Å². The molecule has 0 aromatic heterocycles. The van der Waals surface area contributed by atoms with Gasteiger partial charge in [0, 0.05) is 0 Å². The highest BCUT2D eigenvalue weighted by Gasteiger charge is 2.20.